The Labute approximate surface area is 72.5 Å². The van der Waals surface area contributed by atoms with Crippen LogP contribution in [0.4, 0.5) is 0 Å². The molecule has 0 amide bonds. The maximum Gasteiger partial charge on any atom is 0.118 e. The molecule has 2 heteroatoms. The number of aromatic hydroxyl groups is 1. The van der Waals surface area contributed by atoms with Crippen LogP contribution in [-0.2, 0) is 5.60 Å². The van der Waals surface area contributed by atoms with Gasteiger partial charge in [-0.2, -0.15) is 0 Å². The van der Waals surface area contributed by atoms with Gasteiger partial charge in [0, 0.05) is 0 Å². The molecule has 1 rings (SSSR count). The number of hydrogen-bond donors (Lipinski definition) is 2. The van der Waals surface area contributed by atoms with E-state index in [0.29, 0.717) is 0 Å². The molecule has 0 radical (unpaired) electrons. The Morgan fingerprint density at radius 3 is 2.25 bits per heavy atom. The first kappa shape index (κ1) is 9.07. The van der Waals surface area contributed by atoms with E-state index in [1.54, 1.807) is 32.0 Å². The van der Waals surface area contributed by atoms with Gasteiger partial charge >= 0.3 is 0 Å². The molecule has 0 saturated heterocycles. The lowest BCUT2D eigenvalue weighted by atomic mass is 9.96. The molecule has 0 saturated carbocycles. The Bertz CT molecular complexity index is 284. The van der Waals surface area contributed by atoms with Gasteiger partial charge < -0.3 is 10.2 Å². The number of aryl methyl sites for hydroxylation is 1. The fourth-order valence-corrected chi connectivity index (χ4v) is 1.04. The van der Waals surface area contributed by atoms with Crippen LogP contribution < -0.4 is 0 Å². The Hall–Kier alpha value is -1.02. The SMILES string of the molecule is Cc1cc(C(C)(C)O)ccc1O. The second-order valence-electron chi connectivity index (χ2n) is 3.56. The van der Waals surface area contributed by atoms with Crippen LogP contribution in [0.5, 0.6) is 5.75 Å². The summed E-state index contributed by atoms with van der Waals surface area (Å²) in [6.07, 6.45) is 0. The largest absolute Gasteiger partial charge is 0.508 e. The van der Waals surface area contributed by atoms with Crippen molar-refractivity contribution >= 4 is 0 Å². The van der Waals surface area contributed by atoms with E-state index in [-0.39, 0.29) is 5.75 Å². The molecule has 1 aromatic rings. The third-order valence-corrected chi connectivity index (χ3v) is 1.90. The fraction of sp³-hybridized carbons (Fsp3) is 0.400. The summed E-state index contributed by atoms with van der Waals surface area (Å²) >= 11 is 0. The highest BCUT2D eigenvalue weighted by molar-refractivity contribution is 5.36. The number of hydrogen-bond acceptors (Lipinski definition) is 2. The third-order valence-electron chi connectivity index (χ3n) is 1.90. The highest BCUT2D eigenvalue weighted by Gasteiger charge is 2.15. The monoisotopic (exact) mass is 166 g/mol. The van der Waals surface area contributed by atoms with Crippen molar-refractivity contribution in [1.82, 2.24) is 0 Å². The van der Waals surface area contributed by atoms with E-state index in [1.165, 1.54) is 0 Å². The summed E-state index contributed by atoms with van der Waals surface area (Å²) in [6, 6.07) is 5.11. The summed E-state index contributed by atoms with van der Waals surface area (Å²) in [5, 5.41) is 18.9. The van der Waals surface area contributed by atoms with Crippen LogP contribution in [0, 0.1) is 6.92 Å². The summed E-state index contributed by atoms with van der Waals surface area (Å²) < 4.78 is 0. The van der Waals surface area contributed by atoms with Crippen LogP contribution in [0.15, 0.2) is 18.2 Å². The van der Waals surface area contributed by atoms with Gasteiger partial charge in [0.1, 0.15) is 5.75 Å². The first-order chi connectivity index (χ1) is 5.41. The molecule has 0 aliphatic rings. The third kappa shape index (κ3) is 1.77. The van der Waals surface area contributed by atoms with E-state index in [9.17, 15) is 10.2 Å². The van der Waals surface area contributed by atoms with Gasteiger partial charge in [-0.05, 0) is 44.0 Å². The number of benzene rings is 1. The molecule has 0 aromatic heterocycles. The lowest BCUT2D eigenvalue weighted by Gasteiger charge is -2.18. The molecule has 0 heterocycles. The van der Waals surface area contributed by atoms with E-state index in [1.807, 2.05) is 6.92 Å². The minimum atomic E-state index is -0.835. The van der Waals surface area contributed by atoms with Gasteiger partial charge in [-0.1, -0.05) is 6.07 Å². The Balaban J connectivity index is 3.14. The minimum Gasteiger partial charge on any atom is -0.508 e. The molecule has 2 nitrogen and oxygen atoms in total. The van der Waals surface area contributed by atoms with Crippen LogP contribution >= 0.6 is 0 Å². The van der Waals surface area contributed by atoms with E-state index in [4.69, 9.17) is 0 Å². The van der Waals surface area contributed by atoms with Gasteiger partial charge in [0.15, 0.2) is 0 Å². The van der Waals surface area contributed by atoms with Gasteiger partial charge in [-0.15, -0.1) is 0 Å². The minimum absolute atomic E-state index is 0.267. The molecule has 0 fully saturated rings. The summed E-state index contributed by atoms with van der Waals surface area (Å²) in [4.78, 5) is 0. The van der Waals surface area contributed by atoms with Gasteiger partial charge in [0.2, 0.25) is 0 Å². The normalized spacial score (nSPS) is 11.7. The highest BCUT2D eigenvalue weighted by atomic mass is 16.3. The van der Waals surface area contributed by atoms with Gasteiger partial charge in [-0.3, -0.25) is 0 Å². The van der Waals surface area contributed by atoms with Crippen molar-refractivity contribution in [3.63, 3.8) is 0 Å². The van der Waals surface area contributed by atoms with E-state index in [0.717, 1.165) is 11.1 Å². The molecule has 0 bridgehead atoms. The van der Waals surface area contributed by atoms with Gasteiger partial charge in [0.05, 0.1) is 5.60 Å². The van der Waals surface area contributed by atoms with Crippen molar-refractivity contribution in [1.29, 1.82) is 0 Å². The first-order valence-electron chi connectivity index (χ1n) is 3.94. The maximum absolute atomic E-state index is 9.62. The van der Waals surface area contributed by atoms with Crippen molar-refractivity contribution < 1.29 is 10.2 Å². The zero-order chi connectivity index (χ0) is 9.35. The zero-order valence-electron chi connectivity index (χ0n) is 7.63. The van der Waals surface area contributed by atoms with Gasteiger partial charge in [-0.25, -0.2) is 0 Å². The Morgan fingerprint density at radius 2 is 1.83 bits per heavy atom. The molecule has 0 spiro atoms. The topological polar surface area (TPSA) is 40.5 Å². The molecule has 66 valence electrons. The van der Waals surface area contributed by atoms with Crippen LogP contribution in [0.25, 0.3) is 0 Å². The van der Waals surface area contributed by atoms with Crippen LogP contribution in [0.3, 0.4) is 0 Å². The smallest absolute Gasteiger partial charge is 0.118 e. The molecule has 0 aliphatic heterocycles. The Morgan fingerprint density at radius 1 is 1.25 bits per heavy atom. The number of phenols is 1. The molecule has 2 N–H and O–H groups in total. The van der Waals surface area contributed by atoms with Crippen molar-refractivity contribution in [2.24, 2.45) is 0 Å². The maximum atomic E-state index is 9.62. The first-order valence-corrected chi connectivity index (χ1v) is 3.94. The average Bonchev–Trinajstić information content (AvgIpc) is 1.92. The van der Waals surface area contributed by atoms with Crippen molar-refractivity contribution in [2.75, 3.05) is 0 Å². The fourth-order valence-electron chi connectivity index (χ4n) is 1.04. The molecule has 0 unspecified atom stereocenters. The predicted molar refractivity (Wildman–Crippen MR) is 48.1 cm³/mol. The van der Waals surface area contributed by atoms with Crippen molar-refractivity contribution in [2.45, 2.75) is 26.4 Å². The molecule has 12 heavy (non-hydrogen) atoms. The standard InChI is InChI=1S/C10H14O2/c1-7-6-8(10(2,3)12)4-5-9(7)11/h4-6,11-12H,1-3H3. The highest BCUT2D eigenvalue weighted by Crippen LogP contribution is 2.24. The predicted octanol–water partition coefficient (Wildman–Crippen LogP) is 1.93. The molecular weight excluding hydrogens is 152 g/mol. The Kier molecular flexibility index (Phi) is 2.11. The van der Waals surface area contributed by atoms with Crippen LogP contribution in [-0.4, -0.2) is 10.2 Å². The second-order valence-corrected chi connectivity index (χ2v) is 3.56. The molecule has 0 aliphatic carbocycles. The summed E-state index contributed by atoms with van der Waals surface area (Å²) in [7, 11) is 0. The number of aliphatic hydroxyl groups is 1. The summed E-state index contributed by atoms with van der Waals surface area (Å²) in [5.41, 5.74) is 0.769. The number of rotatable bonds is 1. The van der Waals surface area contributed by atoms with Gasteiger partial charge in [0.25, 0.3) is 0 Å². The van der Waals surface area contributed by atoms with E-state index >= 15 is 0 Å². The lowest BCUT2D eigenvalue weighted by molar-refractivity contribution is 0.0785. The second kappa shape index (κ2) is 2.79. The van der Waals surface area contributed by atoms with Crippen molar-refractivity contribution in [3.8, 4) is 5.75 Å². The molecule has 0 atom stereocenters. The van der Waals surface area contributed by atoms with E-state index in [2.05, 4.69) is 0 Å². The molecule has 1 aromatic carbocycles. The lowest BCUT2D eigenvalue weighted by Crippen LogP contribution is -2.15. The van der Waals surface area contributed by atoms with E-state index < -0.39 is 5.60 Å². The molecular formula is C10H14O2. The quantitative estimate of drug-likeness (QED) is 0.669. The van der Waals surface area contributed by atoms with Crippen LogP contribution in [0.2, 0.25) is 0 Å². The van der Waals surface area contributed by atoms with Crippen LogP contribution in [0.1, 0.15) is 25.0 Å². The summed E-state index contributed by atoms with van der Waals surface area (Å²) in [5.74, 6) is 0.267. The summed E-state index contributed by atoms with van der Waals surface area (Å²) in [6.45, 7) is 5.25. The van der Waals surface area contributed by atoms with Crippen molar-refractivity contribution in [3.05, 3.63) is 29.3 Å². The number of phenolic OH excluding ortho intramolecular Hbond substituents is 1. The zero-order valence-corrected chi connectivity index (χ0v) is 7.63. The average molecular weight is 166 g/mol.